The number of amides is 1. The molecule has 2 aromatic carbocycles. The van der Waals surface area contributed by atoms with Crippen LogP contribution in [0.4, 0.5) is 0 Å². The van der Waals surface area contributed by atoms with Crippen molar-refractivity contribution in [3.63, 3.8) is 0 Å². The topological polar surface area (TPSA) is 47.4 Å². The highest BCUT2D eigenvalue weighted by molar-refractivity contribution is 6.30. The van der Waals surface area contributed by atoms with Crippen LogP contribution in [0.1, 0.15) is 29.0 Å². The monoisotopic (exact) mass is 395 g/mol. The smallest absolute Gasteiger partial charge is 0.255 e. The molecule has 0 unspecified atom stereocenters. The molecule has 0 bridgehead atoms. The van der Waals surface area contributed by atoms with Gasteiger partial charge in [-0.25, -0.2) is 4.98 Å². The van der Waals surface area contributed by atoms with E-state index in [1.54, 1.807) is 6.20 Å². The Hall–Kier alpha value is -2.79. The summed E-state index contributed by atoms with van der Waals surface area (Å²) in [5.41, 5.74) is 1.56. The number of aryl methyl sites for hydroxylation is 1. The molecule has 1 aromatic heterocycles. The normalized spacial score (nSPS) is 14.9. The van der Waals surface area contributed by atoms with Crippen LogP contribution in [0.25, 0.3) is 5.69 Å². The molecule has 1 saturated heterocycles. The Morgan fingerprint density at radius 2 is 1.82 bits per heavy atom. The number of hydrogen-bond donors (Lipinski definition) is 0. The second-order valence-electron chi connectivity index (χ2n) is 6.92. The third-order valence-corrected chi connectivity index (χ3v) is 5.32. The Labute approximate surface area is 169 Å². The van der Waals surface area contributed by atoms with Gasteiger partial charge in [0, 0.05) is 43.3 Å². The maximum atomic E-state index is 13.2. The average Bonchev–Trinajstić information content (AvgIpc) is 3.15. The Morgan fingerprint density at radius 3 is 2.50 bits per heavy atom. The minimum absolute atomic E-state index is 0.0497. The lowest BCUT2D eigenvalue weighted by atomic mass is 10.1. The molecule has 1 fully saturated rings. The number of ether oxygens (including phenoxy) is 1. The lowest BCUT2D eigenvalue weighted by Crippen LogP contribution is -2.42. The number of para-hydroxylation sites is 1. The Morgan fingerprint density at radius 1 is 1.11 bits per heavy atom. The Bertz CT molecular complexity index is 960. The van der Waals surface area contributed by atoms with Crippen molar-refractivity contribution in [1.82, 2.24) is 14.5 Å². The quantitative estimate of drug-likeness (QED) is 0.652. The number of piperidine rings is 1. The van der Waals surface area contributed by atoms with E-state index in [-0.39, 0.29) is 12.0 Å². The number of hydrogen-bond acceptors (Lipinski definition) is 3. The number of imidazole rings is 1. The van der Waals surface area contributed by atoms with Gasteiger partial charge < -0.3 is 14.2 Å². The second kappa shape index (κ2) is 8.07. The number of nitrogens with zero attached hydrogens (tertiary/aromatic N) is 3. The fourth-order valence-corrected chi connectivity index (χ4v) is 3.68. The van der Waals surface area contributed by atoms with Crippen LogP contribution in [0, 0.1) is 6.92 Å². The molecular weight excluding hydrogens is 374 g/mol. The summed E-state index contributed by atoms with van der Waals surface area (Å²) in [6.07, 6.45) is 5.35. The molecule has 4 rings (SSSR count). The number of benzene rings is 2. The van der Waals surface area contributed by atoms with Crippen LogP contribution in [0.15, 0.2) is 60.9 Å². The largest absolute Gasteiger partial charge is 0.490 e. The van der Waals surface area contributed by atoms with E-state index in [4.69, 9.17) is 16.3 Å². The zero-order chi connectivity index (χ0) is 19.5. The minimum Gasteiger partial charge on any atom is -0.490 e. The van der Waals surface area contributed by atoms with Crippen molar-refractivity contribution < 1.29 is 9.53 Å². The van der Waals surface area contributed by atoms with Crippen LogP contribution in [-0.4, -0.2) is 39.6 Å². The van der Waals surface area contributed by atoms with E-state index < -0.39 is 0 Å². The zero-order valence-corrected chi connectivity index (χ0v) is 16.5. The lowest BCUT2D eigenvalue weighted by molar-refractivity contribution is 0.0595. The summed E-state index contributed by atoms with van der Waals surface area (Å²) in [6.45, 7) is 3.28. The number of rotatable bonds is 4. The second-order valence-corrected chi connectivity index (χ2v) is 7.36. The zero-order valence-electron chi connectivity index (χ0n) is 15.7. The van der Waals surface area contributed by atoms with Gasteiger partial charge in [-0.05, 0) is 43.3 Å². The van der Waals surface area contributed by atoms with Crippen molar-refractivity contribution in [2.24, 2.45) is 0 Å². The molecule has 0 spiro atoms. The molecule has 1 aliphatic rings. The molecule has 0 radical (unpaired) electrons. The maximum absolute atomic E-state index is 13.2. The van der Waals surface area contributed by atoms with Crippen molar-refractivity contribution in [3.8, 4) is 11.4 Å². The predicted octanol–water partition coefficient (Wildman–Crippen LogP) is 4.52. The number of carbonyl (C=O) groups excluding carboxylic acids is 1. The molecule has 1 amide bonds. The van der Waals surface area contributed by atoms with Crippen molar-refractivity contribution in [3.05, 3.63) is 77.3 Å². The summed E-state index contributed by atoms with van der Waals surface area (Å²) in [4.78, 5) is 19.4. The Balaban J connectivity index is 1.44. The third kappa shape index (κ3) is 3.90. The predicted molar refractivity (Wildman–Crippen MR) is 109 cm³/mol. The van der Waals surface area contributed by atoms with Crippen LogP contribution >= 0.6 is 11.6 Å². The number of halogens is 1. The molecule has 3 aromatic rings. The summed E-state index contributed by atoms with van der Waals surface area (Å²) in [5.74, 6) is 1.72. The summed E-state index contributed by atoms with van der Waals surface area (Å²) in [6, 6.07) is 15.1. The van der Waals surface area contributed by atoms with E-state index in [0.29, 0.717) is 23.7 Å². The van der Waals surface area contributed by atoms with Crippen LogP contribution in [0.3, 0.4) is 0 Å². The highest BCUT2D eigenvalue weighted by Crippen LogP contribution is 2.23. The lowest BCUT2D eigenvalue weighted by Gasteiger charge is -2.32. The summed E-state index contributed by atoms with van der Waals surface area (Å²) >= 11 is 5.92. The SMILES string of the molecule is Cc1nccn1-c1ccccc1C(=O)N1CCC(Oc2ccc(Cl)cc2)CC1. The standard InChI is InChI=1S/C22H22ClN3O2/c1-16-24-12-15-26(16)21-5-3-2-4-20(21)22(27)25-13-10-19(11-14-25)28-18-8-6-17(23)7-9-18/h2-9,12,15,19H,10-11,13-14H2,1H3. The van der Waals surface area contributed by atoms with E-state index in [1.165, 1.54) is 0 Å². The Kier molecular flexibility index (Phi) is 5.35. The van der Waals surface area contributed by atoms with Gasteiger partial charge in [-0.2, -0.15) is 0 Å². The molecule has 0 saturated carbocycles. The van der Waals surface area contributed by atoms with E-state index in [1.807, 2.05) is 71.1 Å². The first-order valence-electron chi connectivity index (χ1n) is 9.42. The van der Waals surface area contributed by atoms with Gasteiger partial charge in [0.1, 0.15) is 17.7 Å². The molecule has 28 heavy (non-hydrogen) atoms. The first kappa shape index (κ1) is 18.6. The number of carbonyl (C=O) groups is 1. The summed E-state index contributed by atoms with van der Waals surface area (Å²) < 4.78 is 7.98. The van der Waals surface area contributed by atoms with Crippen molar-refractivity contribution >= 4 is 17.5 Å². The highest BCUT2D eigenvalue weighted by atomic mass is 35.5. The van der Waals surface area contributed by atoms with Gasteiger partial charge in [0.15, 0.2) is 0 Å². The van der Waals surface area contributed by atoms with Crippen LogP contribution in [0.5, 0.6) is 5.75 Å². The maximum Gasteiger partial charge on any atom is 0.255 e. The first-order chi connectivity index (χ1) is 13.6. The number of aromatic nitrogens is 2. The molecular formula is C22H22ClN3O2. The van der Waals surface area contributed by atoms with Crippen molar-refractivity contribution in [1.29, 1.82) is 0 Å². The molecule has 2 heterocycles. The number of likely N-dealkylation sites (tertiary alicyclic amines) is 1. The molecule has 0 atom stereocenters. The van der Waals surface area contributed by atoms with Crippen LogP contribution in [0.2, 0.25) is 5.02 Å². The molecule has 0 N–H and O–H groups in total. The third-order valence-electron chi connectivity index (χ3n) is 5.07. The van der Waals surface area contributed by atoms with E-state index in [9.17, 15) is 4.79 Å². The van der Waals surface area contributed by atoms with E-state index in [0.717, 1.165) is 30.1 Å². The fraction of sp³-hybridized carbons (Fsp3) is 0.273. The van der Waals surface area contributed by atoms with Crippen LogP contribution in [-0.2, 0) is 0 Å². The highest BCUT2D eigenvalue weighted by Gasteiger charge is 2.26. The molecule has 6 heteroatoms. The van der Waals surface area contributed by atoms with Gasteiger partial charge in [-0.1, -0.05) is 23.7 Å². The fourth-order valence-electron chi connectivity index (χ4n) is 3.55. The van der Waals surface area contributed by atoms with Gasteiger partial charge in [-0.15, -0.1) is 0 Å². The van der Waals surface area contributed by atoms with Gasteiger partial charge in [0.05, 0.1) is 11.3 Å². The molecule has 5 nitrogen and oxygen atoms in total. The molecule has 144 valence electrons. The van der Waals surface area contributed by atoms with Crippen molar-refractivity contribution in [2.45, 2.75) is 25.9 Å². The van der Waals surface area contributed by atoms with Crippen molar-refractivity contribution in [2.75, 3.05) is 13.1 Å². The summed E-state index contributed by atoms with van der Waals surface area (Å²) in [7, 11) is 0. The molecule has 1 aliphatic heterocycles. The average molecular weight is 396 g/mol. The van der Waals surface area contributed by atoms with E-state index >= 15 is 0 Å². The van der Waals surface area contributed by atoms with Gasteiger partial charge in [0.2, 0.25) is 0 Å². The van der Waals surface area contributed by atoms with Gasteiger partial charge in [-0.3, -0.25) is 4.79 Å². The summed E-state index contributed by atoms with van der Waals surface area (Å²) in [5, 5.41) is 0.694. The molecule has 0 aliphatic carbocycles. The van der Waals surface area contributed by atoms with E-state index in [2.05, 4.69) is 4.98 Å². The minimum atomic E-state index is 0.0497. The first-order valence-corrected chi connectivity index (χ1v) is 9.80. The van der Waals surface area contributed by atoms with Crippen LogP contribution < -0.4 is 4.74 Å². The van der Waals surface area contributed by atoms with Gasteiger partial charge >= 0.3 is 0 Å². The van der Waals surface area contributed by atoms with Gasteiger partial charge in [0.25, 0.3) is 5.91 Å².